The lowest BCUT2D eigenvalue weighted by atomic mass is 10.2. The van der Waals surface area contributed by atoms with E-state index in [1.54, 1.807) is 59.4 Å². The van der Waals surface area contributed by atoms with Crippen LogP contribution in [-0.2, 0) is 11.3 Å². The van der Waals surface area contributed by atoms with E-state index in [9.17, 15) is 9.18 Å². The van der Waals surface area contributed by atoms with Crippen LogP contribution in [0, 0.1) is 5.82 Å². The zero-order chi connectivity index (χ0) is 24.7. The molecule has 0 bridgehead atoms. The molecule has 0 aliphatic heterocycles. The number of carbonyl (C=O) groups is 1. The zero-order valence-corrected chi connectivity index (χ0v) is 19.8. The normalized spacial score (nSPS) is 10.8. The molecule has 0 spiro atoms. The minimum Gasteiger partial charge on any atom is -0.467 e. The Hall–Kier alpha value is -4.37. The lowest BCUT2D eigenvalue weighted by Crippen LogP contribution is -2.14. The number of hydrogen-bond donors (Lipinski definition) is 1. The van der Waals surface area contributed by atoms with E-state index < -0.39 is 5.82 Å². The van der Waals surface area contributed by atoms with Crippen molar-refractivity contribution < 1.29 is 18.3 Å². The molecule has 0 saturated carbocycles. The van der Waals surface area contributed by atoms with Crippen LogP contribution in [0.5, 0.6) is 11.5 Å². The third kappa shape index (κ3) is 5.64. The van der Waals surface area contributed by atoms with E-state index in [2.05, 4.69) is 15.5 Å². The van der Waals surface area contributed by atoms with E-state index in [1.807, 2.05) is 36.4 Å². The molecule has 0 atom stereocenters. The van der Waals surface area contributed by atoms with Crippen molar-refractivity contribution in [2.24, 2.45) is 0 Å². The highest BCUT2D eigenvalue weighted by molar-refractivity contribution is 7.99. The van der Waals surface area contributed by atoms with Gasteiger partial charge in [-0.25, -0.2) is 4.39 Å². The quantitative estimate of drug-likeness (QED) is 0.241. The molecule has 180 valence electrons. The van der Waals surface area contributed by atoms with E-state index in [0.29, 0.717) is 40.3 Å². The smallest absolute Gasteiger partial charge is 0.234 e. The van der Waals surface area contributed by atoms with Crippen molar-refractivity contribution in [1.29, 1.82) is 0 Å². The third-order valence-electron chi connectivity index (χ3n) is 5.17. The summed E-state index contributed by atoms with van der Waals surface area (Å²) in [6.45, 7) is 0.302. The van der Waals surface area contributed by atoms with Crippen molar-refractivity contribution in [1.82, 2.24) is 14.8 Å². The second kappa shape index (κ2) is 10.9. The summed E-state index contributed by atoms with van der Waals surface area (Å²) in [6.07, 6.45) is 1.57. The monoisotopic (exact) mass is 500 g/mol. The lowest BCUT2D eigenvalue weighted by molar-refractivity contribution is -0.113. The standard InChI is InChI=1S/C27H21FN4O3S/c28-24-11-5-4-10-23(24)26-30-31-27(32(26)17-22-9-6-16-34-22)36-18-25(33)29-19-12-14-21(15-13-19)35-20-7-2-1-3-8-20/h1-16H,17-18H2,(H,29,33). The molecular weight excluding hydrogens is 479 g/mol. The second-order valence-electron chi connectivity index (χ2n) is 7.73. The molecule has 1 amide bonds. The van der Waals surface area contributed by atoms with Gasteiger partial charge in [0.1, 0.15) is 23.1 Å². The summed E-state index contributed by atoms with van der Waals surface area (Å²) in [7, 11) is 0. The van der Waals surface area contributed by atoms with Gasteiger partial charge in [-0.15, -0.1) is 10.2 Å². The Bertz CT molecular complexity index is 1440. The van der Waals surface area contributed by atoms with Crippen LogP contribution in [0.2, 0.25) is 0 Å². The molecule has 5 aromatic rings. The van der Waals surface area contributed by atoms with Crippen LogP contribution in [0.4, 0.5) is 10.1 Å². The molecule has 7 nitrogen and oxygen atoms in total. The van der Waals surface area contributed by atoms with Gasteiger partial charge in [-0.05, 0) is 60.7 Å². The van der Waals surface area contributed by atoms with Crippen LogP contribution in [0.1, 0.15) is 5.76 Å². The van der Waals surface area contributed by atoms with Gasteiger partial charge in [-0.1, -0.05) is 42.1 Å². The first-order valence-corrected chi connectivity index (χ1v) is 12.1. The molecule has 0 unspecified atom stereocenters. The maximum absolute atomic E-state index is 14.5. The number of carbonyl (C=O) groups excluding carboxylic acids is 1. The predicted molar refractivity (Wildman–Crippen MR) is 136 cm³/mol. The minimum atomic E-state index is -0.403. The SMILES string of the molecule is O=C(CSc1nnc(-c2ccccc2F)n1Cc1ccco1)Nc1ccc(Oc2ccccc2)cc1. The van der Waals surface area contributed by atoms with E-state index >= 15 is 0 Å². The molecule has 0 saturated heterocycles. The van der Waals surface area contributed by atoms with Gasteiger partial charge in [-0.3, -0.25) is 9.36 Å². The Labute approximate surface area is 210 Å². The number of anilines is 1. The summed E-state index contributed by atoms with van der Waals surface area (Å²) in [5.74, 6) is 1.91. The van der Waals surface area contributed by atoms with Crippen LogP contribution in [0.25, 0.3) is 11.4 Å². The molecule has 1 N–H and O–H groups in total. The van der Waals surface area contributed by atoms with Crippen molar-refractivity contribution in [3.05, 3.63) is 109 Å². The molecule has 36 heavy (non-hydrogen) atoms. The molecule has 3 aromatic carbocycles. The fraction of sp³-hybridized carbons (Fsp3) is 0.0741. The summed E-state index contributed by atoms with van der Waals surface area (Å²) in [5.41, 5.74) is 0.968. The Kier molecular flexibility index (Phi) is 7.09. The molecule has 0 fully saturated rings. The van der Waals surface area contributed by atoms with Gasteiger partial charge in [0.25, 0.3) is 0 Å². The predicted octanol–water partition coefficient (Wildman–Crippen LogP) is 6.25. The third-order valence-corrected chi connectivity index (χ3v) is 6.14. The average Bonchev–Trinajstić information content (AvgIpc) is 3.55. The highest BCUT2D eigenvalue weighted by Gasteiger charge is 2.19. The first kappa shape index (κ1) is 23.4. The van der Waals surface area contributed by atoms with Crippen LogP contribution < -0.4 is 10.1 Å². The molecule has 0 aliphatic carbocycles. The van der Waals surface area contributed by atoms with Crippen LogP contribution in [-0.4, -0.2) is 26.4 Å². The van der Waals surface area contributed by atoms with E-state index in [1.165, 1.54) is 17.8 Å². The Morgan fingerprint density at radius 3 is 2.42 bits per heavy atom. The minimum absolute atomic E-state index is 0.0931. The fourth-order valence-corrected chi connectivity index (χ4v) is 4.23. The number of nitrogens with one attached hydrogen (secondary N) is 1. The van der Waals surface area contributed by atoms with Crippen molar-refractivity contribution in [2.45, 2.75) is 11.7 Å². The van der Waals surface area contributed by atoms with Gasteiger partial charge in [0.2, 0.25) is 5.91 Å². The Balaban J connectivity index is 1.25. The number of aromatic nitrogens is 3. The number of hydrogen-bond acceptors (Lipinski definition) is 6. The topological polar surface area (TPSA) is 82.2 Å². The van der Waals surface area contributed by atoms with Crippen molar-refractivity contribution in [2.75, 3.05) is 11.1 Å². The van der Waals surface area contributed by atoms with Crippen molar-refractivity contribution >= 4 is 23.4 Å². The number of halogens is 1. The summed E-state index contributed by atoms with van der Waals surface area (Å²) < 4.78 is 27.5. The average molecular weight is 501 g/mol. The van der Waals surface area contributed by atoms with Crippen molar-refractivity contribution in [3.63, 3.8) is 0 Å². The molecule has 9 heteroatoms. The summed E-state index contributed by atoms with van der Waals surface area (Å²) in [5, 5.41) is 11.8. The van der Waals surface area contributed by atoms with Gasteiger partial charge in [0.15, 0.2) is 11.0 Å². The number of para-hydroxylation sites is 1. The highest BCUT2D eigenvalue weighted by atomic mass is 32.2. The summed E-state index contributed by atoms with van der Waals surface area (Å²) >= 11 is 1.21. The molecule has 2 aromatic heterocycles. The van der Waals surface area contributed by atoms with Crippen molar-refractivity contribution in [3.8, 4) is 22.9 Å². The van der Waals surface area contributed by atoms with E-state index in [-0.39, 0.29) is 11.7 Å². The Morgan fingerprint density at radius 1 is 0.917 bits per heavy atom. The first-order chi connectivity index (χ1) is 17.7. The number of furan rings is 1. The number of amides is 1. The first-order valence-electron chi connectivity index (χ1n) is 11.1. The van der Waals surface area contributed by atoms with Crippen LogP contribution >= 0.6 is 11.8 Å². The molecule has 5 rings (SSSR count). The lowest BCUT2D eigenvalue weighted by Gasteiger charge is -2.10. The second-order valence-corrected chi connectivity index (χ2v) is 8.67. The fourth-order valence-electron chi connectivity index (χ4n) is 3.50. The van der Waals surface area contributed by atoms with E-state index in [4.69, 9.17) is 9.15 Å². The molecular formula is C27H21FN4O3S. The maximum Gasteiger partial charge on any atom is 0.234 e. The van der Waals surface area contributed by atoms with Crippen LogP contribution in [0.3, 0.4) is 0 Å². The molecule has 0 radical (unpaired) electrons. The number of rotatable bonds is 9. The van der Waals surface area contributed by atoms with Crippen LogP contribution in [0.15, 0.2) is 107 Å². The van der Waals surface area contributed by atoms with E-state index in [0.717, 1.165) is 5.75 Å². The van der Waals surface area contributed by atoms with Gasteiger partial charge in [0, 0.05) is 5.69 Å². The molecule has 2 heterocycles. The zero-order valence-electron chi connectivity index (χ0n) is 19.0. The van der Waals surface area contributed by atoms with Gasteiger partial charge >= 0.3 is 0 Å². The van der Waals surface area contributed by atoms with Gasteiger partial charge in [0.05, 0.1) is 24.1 Å². The van der Waals surface area contributed by atoms with Gasteiger partial charge in [-0.2, -0.15) is 0 Å². The molecule has 0 aliphatic rings. The summed E-state index contributed by atoms with van der Waals surface area (Å²) in [6, 6.07) is 26.5. The number of ether oxygens (including phenoxy) is 1. The highest BCUT2D eigenvalue weighted by Crippen LogP contribution is 2.27. The number of nitrogens with zero attached hydrogens (tertiary/aromatic N) is 3. The largest absolute Gasteiger partial charge is 0.467 e. The number of benzene rings is 3. The number of thioether (sulfide) groups is 1. The maximum atomic E-state index is 14.5. The van der Waals surface area contributed by atoms with Gasteiger partial charge < -0.3 is 14.5 Å². The Morgan fingerprint density at radius 2 is 1.67 bits per heavy atom. The summed E-state index contributed by atoms with van der Waals surface area (Å²) in [4.78, 5) is 12.6.